The molecule has 1 nitrogen and oxygen atoms in total. The molecule has 0 aliphatic heterocycles. The molecule has 18 heavy (non-hydrogen) atoms. The van der Waals surface area contributed by atoms with Crippen LogP contribution in [-0.4, -0.2) is 0 Å². The second-order valence-corrected chi connectivity index (χ2v) is 4.05. The van der Waals surface area contributed by atoms with E-state index in [4.69, 9.17) is 12.2 Å². The molecule has 0 aliphatic carbocycles. The second kappa shape index (κ2) is 7.97. The van der Waals surface area contributed by atoms with E-state index < -0.39 is 0 Å². The summed E-state index contributed by atoms with van der Waals surface area (Å²) < 4.78 is 0. The molecule has 1 aromatic carbocycles. The van der Waals surface area contributed by atoms with E-state index >= 15 is 0 Å². The van der Waals surface area contributed by atoms with E-state index in [1.54, 1.807) is 6.92 Å². The molecule has 0 aliphatic rings. The number of terminal acetylenes is 1. The standard InChI is InChI=1S/C14H14.C3H7N/c1-5-7-11(3)14-9-8-12(4)13(6-2)10-14;1-3(2)4/h2,5,7-10H,3H2,1,4H3;1,4H2,2H3/b7-5-;. The average molecular weight is 239 g/mol. The molecule has 0 aromatic heterocycles. The SMILES string of the molecule is C#Cc1cc(C(=C)/C=C\C)ccc1C.C=C(C)N. The highest BCUT2D eigenvalue weighted by atomic mass is 14.5. The summed E-state index contributed by atoms with van der Waals surface area (Å²) in [4.78, 5) is 0. The highest BCUT2D eigenvalue weighted by molar-refractivity contribution is 5.73. The minimum absolute atomic E-state index is 0.667. The Balaban J connectivity index is 0.000000631. The van der Waals surface area contributed by atoms with Gasteiger partial charge in [-0.25, -0.2) is 0 Å². The van der Waals surface area contributed by atoms with Gasteiger partial charge in [-0.15, -0.1) is 6.42 Å². The van der Waals surface area contributed by atoms with Crippen LogP contribution in [0.4, 0.5) is 0 Å². The third-order valence-electron chi connectivity index (χ3n) is 2.13. The van der Waals surface area contributed by atoms with Gasteiger partial charge >= 0.3 is 0 Å². The number of allylic oxidation sites excluding steroid dienone is 4. The summed E-state index contributed by atoms with van der Waals surface area (Å²) in [7, 11) is 0. The van der Waals surface area contributed by atoms with Gasteiger partial charge in [-0.2, -0.15) is 0 Å². The van der Waals surface area contributed by atoms with Crippen molar-refractivity contribution in [1.29, 1.82) is 0 Å². The molecular weight excluding hydrogens is 218 g/mol. The highest BCUT2D eigenvalue weighted by Gasteiger charge is 1.98. The molecule has 0 spiro atoms. The Morgan fingerprint density at radius 1 is 1.39 bits per heavy atom. The van der Waals surface area contributed by atoms with E-state index in [0.717, 1.165) is 22.3 Å². The first-order valence-corrected chi connectivity index (χ1v) is 5.72. The summed E-state index contributed by atoms with van der Waals surface area (Å²) in [6.07, 6.45) is 9.34. The van der Waals surface area contributed by atoms with Crippen molar-refractivity contribution in [3.63, 3.8) is 0 Å². The Morgan fingerprint density at radius 2 is 1.94 bits per heavy atom. The number of hydrogen-bond acceptors (Lipinski definition) is 1. The largest absolute Gasteiger partial charge is 0.403 e. The van der Waals surface area contributed by atoms with Crippen LogP contribution < -0.4 is 5.73 Å². The molecule has 0 radical (unpaired) electrons. The number of benzene rings is 1. The Morgan fingerprint density at radius 3 is 2.39 bits per heavy atom. The lowest BCUT2D eigenvalue weighted by Crippen LogP contribution is -1.85. The maximum atomic E-state index is 5.40. The summed E-state index contributed by atoms with van der Waals surface area (Å²) in [5, 5.41) is 0. The zero-order valence-corrected chi connectivity index (χ0v) is 11.5. The van der Waals surface area contributed by atoms with E-state index in [1.165, 1.54) is 0 Å². The maximum Gasteiger partial charge on any atom is 0.0277 e. The van der Waals surface area contributed by atoms with Crippen LogP contribution in [0, 0.1) is 19.3 Å². The molecule has 0 fully saturated rings. The van der Waals surface area contributed by atoms with Crippen LogP contribution in [0.5, 0.6) is 0 Å². The summed E-state index contributed by atoms with van der Waals surface area (Å²) in [6, 6.07) is 6.06. The van der Waals surface area contributed by atoms with Gasteiger partial charge in [0, 0.05) is 5.56 Å². The third kappa shape index (κ3) is 5.77. The van der Waals surface area contributed by atoms with Crippen LogP contribution in [0.25, 0.3) is 5.57 Å². The first-order chi connectivity index (χ1) is 8.42. The first kappa shape index (κ1) is 15.8. The fourth-order valence-corrected chi connectivity index (χ4v) is 1.27. The molecule has 2 N–H and O–H groups in total. The van der Waals surface area contributed by atoms with Gasteiger partial charge in [0.25, 0.3) is 0 Å². The zero-order valence-electron chi connectivity index (χ0n) is 11.5. The number of nitrogens with two attached hydrogens (primary N) is 1. The van der Waals surface area contributed by atoms with Crippen LogP contribution in [-0.2, 0) is 0 Å². The molecule has 1 aromatic rings. The Labute approximate surface area is 111 Å². The second-order valence-electron chi connectivity index (χ2n) is 4.05. The van der Waals surface area contributed by atoms with Gasteiger partial charge in [-0.3, -0.25) is 0 Å². The minimum Gasteiger partial charge on any atom is -0.403 e. The molecule has 0 saturated carbocycles. The van der Waals surface area contributed by atoms with Gasteiger partial charge < -0.3 is 5.73 Å². The van der Waals surface area contributed by atoms with Crippen LogP contribution >= 0.6 is 0 Å². The average Bonchev–Trinajstić information content (AvgIpc) is 2.29. The lowest BCUT2D eigenvalue weighted by Gasteiger charge is -2.03. The van der Waals surface area contributed by atoms with Gasteiger partial charge in [-0.05, 0) is 49.2 Å². The molecular formula is C17H21N. The van der Waals surface area contributed by atoms with Crippen LogP contribution in [0.15, 0.2) is 49.2 Å². The molecule has 0 amide bonds. The van der Waals surface area contributed by atoms with E-state index in [-0.39, 0.29) is 0 Å². The van der Waals surface area contributed by atoms with Crippen LogP contribution in [0.1, 0.15) is 30.5 Å². The normalized spacial score (nSPS) is 9.22. The molecule has 1 rings (SSSR count). The van der Waals surface area contributed by atoms with Crippen molar-refractivity contribution < 1.29 is 0 Å². The third-order valence-corrected chi connectivity index (χ3v) is 2.13. The van der Waals surface area contributed by atoms with Crippen molar-refractivity contribution in [2.45, 2.75) is 20.8 Å². The molecule has 94 valence electrons. The first-order valence-electron chi connectivity index (χ1n) is 5.72. The van der Waals surface area contributed by atoms with Gasteiger partial charge in [0.15, 0.2) is 0 Å². The summed E-state index contributed by atoms with van der Waals surface area (Å²) >= 11 is 0. The summed E-state index contributed by atoms with van der Waals surface area (Å²) in [6.45, 7) is 13.0. The topological polar surface area (TPSA) is 26.0 Å². The molecule has 0 unspecified atom stereocenters. The lowest BCUT2D eigenvalue weighted by molar-refractivity contribution is 1.34. The molecule has 1 heteroatoms. The van der Waals surface area contributed by atoms with Crippen molar-refractivity contribution in [3.05, 3.63) is 65.9 Å². The van der Waals surface area contributed by atoms with E-state index in [9.17, 15) is 0 Å². The minimum atomic E-state index is 0.667. The summed E-state index contributed by atoms with van der Waals surface area (Å²) in [5.74, 6) is 2.67. The maximum absolute atomic E-state index is 5.40. The van der Waals surface area contributed by atoms with Crippen molar-refractivity contribution in [2.24, 2.45) is 5.73 Å². The lowest BCUT2D eigenvalue weighted by atomic mass is 10.0. The van der Waals surface area contributed by atoms with Crippen LogP contribution in [0.2, 0.25) is 0 Å². The van der Waals surface area contributed by atoms with E-state index in [1.807, 2.05) is 44.2 Å². The Hall–Kier alpha value is -2.20. The van der Waals surface area contributed by atoms with Gasteiger partial charge in [0.1, 0.15) is 0 Å². The fourth-order valence-electron chi connectivity index (χ4n) is 1.27. The van der Waals surface area contributed by atoms with Gasteiger partial charge in [0.2, 0.25) is 0 Å². The van der Waals surface area contributed by atoms with E-state index in [0.29, 0.717) is 5.70 Å². The molecule has 0 heterocycles. The molecule has 0 atom stereocenters. The smallest absolute Gasteiger partial charge is 0.0277 e. The number of aryl methyl sites for hydroxylation is 1. The predicted octanol–water partition coefficient (Wildman–Crippen LogP) is 4.04. The van der Waals surface area contributed by atoms with Crippen molar-refractivity contribution in [3.8, 4) is 12.3 Å². The summed E-state index contributed by atoms with van der Waals surface area (Å²) in [5.41, 5.74) is 9.73. The predicted molar refractivity (Wildman–Crippen MR) is 82.0 cm³/mol. The molecule has 0 bridgehead atoms. The van der Waals surface area contributed by atoms with Crippen molar-refractivity contribution in [1.82, 2.24) is 0 Å². The number of hydrogen-bond donors (Lipinski definition) is 1. The zero-order chi connectivity index (χ0) is 14.1. The van der Waals surface area contributed by atoms with Gasteiger partial charge in [0.05, 0.1) is 0 Å². The van der Waals surface area contributed by atoms with Crippen LogP contribution in [0.3, 0.4) is 0 Å². The number of rotatable bonds is 2. The van der Waals surface area contributed by atoms with Gasteiger partial charge in [-0.1, -0.05) is 43.4 Å². The Bertz CT molecular complexity index is 495. The highest BCUT2D eigenvalue weighted by Crippen LogP contribution is 2.17. The quantitative estimate of drug-likeness (QED) is 0.611. The Kier molecular flexibility index (Phi) is 7.00. The fraction of sp³-hybridized carbons (Fsp3) is 0.176. The monoisotopic (exact) mass is 239 g/mol. The molecule has 0 saturated heterocycles. The van der Waals surface area contributed by atoms with Crippen molar-refractivity contribution in [2.75, 3.05) is 0 Å². The van der Waals surface area contributed by atoms with Crippen molar-refractivity contribution >= 4 is 5.57 Å². The van der Waals surface area contributed by atoms with E-state index in [2.05, 4.69) is 19.1 Å².